The van der Waals surface area contributed by atoms with E-state index in [1.54, 1.807) is 6.92 Å². The van der Waals surface area contributed by atoms with Crippen LogP contribution in [0.3, 0.4) is 0 Å². The highest BCUT2D eigenvalue weighted by Crippen LogP contribution is 2.38. The second-order valence-electron chi connectivity index (χ2n) is 3.90. The Kier molecular flexibility index (Phi) is 8.08. The Labute approximate surface area is 111 Å². The smallest absolute Gasteiger partial charge is 0.329 e. The van der Waals surface area contributed by atoms with Gasteiger partial charge in [0.25, 0.3) is 0 Å². The predicted molar refractivity (Wildman–Crippen MR) is 67.3 cm³/mol. The van der Waals surface area contributed by atoms with Crippen molar-refractivity contribution in [3.8, 4) is 0 Å². The number of ether oxygens (including phenoxy) is 1. The quantitative estimate of drug-likeness (QED) is 0.208. The molecule has 0 heterocycles. The van der Waals surface area contributed by atoms with E-state index < -0.39 is 44.9 Å². The van der Waals surface area contributed by atoms with E-state index in [4.69, 9.17) is 25.7 Å². The van der Waals surface area contributed by atoms with E-state index in [1.165, 1.54) is 0 Å². The van der Waals surface area contributed by atoms with Gasteiger partial charge in [0.15, 0.2) is 0 Å². The highest BCUT2D eigenvalue weighted by atomic mass is 31.2. The Hall–Kier alpha value is -0.760. The van der Waals surface area contributed by atoms with Crippen LogP contribution in [0.4, 0.5) is 0 Å². The molecular formula is C10H20NO7P. The average molecular weight is 297 g/mol. The summed E-state index contributed by atoms with van der Waals surface area (Å²) in [5.41, 5.74) is 5.53. The van der Waals surface area contributed by atoms with Gasteiger partial charge in [0, 0.05) is 5.92 Å². The second-order valence-corrected chi connectivity index (χ2v) is 5.55. The summed E-state index contributed by atoms with van der Waals surface area (Å²) < 4.78 is 15.6. The van der Waals surface area contributed by atoms with Gasteiger partial charge in [-0.3, -0.25) is 9.36 Å². The molecule has 0 saturated heterocycles. The first-order chi connectivity index (χ1) is 8.75. The largest absolute Gasteiger partial charge is 0.465 e. The molecule has 0 saturated carbocycles. The van der Waals surface area contributed by atoms with Crippen molar-refractivity contribution in [2.75, 3.05) is 26.0 Å². The van der Waals surface area contributed by atoms with Crippen LogP contribution in [0.5, 0.6) is 0 Å². The summed E-state index contributed by atoms with van der Waals surface area (Å²) in [4.78, 5) is 29.2. The summed E-state index contributed by atoms with van der Waals surface area (Å²) in [7, 11) is -4.40. The van der Waals surface area contributed by atoms with Gasteiger partial charge in [0.1, 0.15) is 6.04 Å². The number of aliphatic hydroxyl groups excluding tert-OH is 2. The van der Waals surface area contributed by atoms with Crippen LogP contribution in [0.25, 0.3) is 0 Å². The molecule has 0 aliphatic heterocycles. The molecule has 8 nitrogen and oxygen atoms in total. The molecule has 19 heavy (non-hydrogen) atoms. The maximum Gasteiger partial charge on any atom is 0.329 e. The fourth-order valence-electron chi connectivity index (χ4n) is 1.39. The van der Waals surface area contributed by atoms with E-state index in [0.717, 1.165) is 6.08 Å². The summed E-state index contributed by atoms with van der Waals surface area (Å²) >= 11 is 0. The molecule has 1 unspecified atom stereocenters. The second kappa shape index (κ2) is 8.42. The molecule has 0 aromatic heterocycles. The lowest BCUT2D eigenvalue weighted by atomic mass is 10.00. The topological polar surface area (TPSA) is 150 Å². The lowest BCUT2D eigenvalue weighted by Gasteiger charge is -2.18. The van der Waals surface area contributed by atoms with E-state index in [-0.39, 0.29) is 12.2 Å². The molecule has 112 valence electrons. The molecule has 0 aliphatic carbocycles. The van der Waals surface area contributed by atoms with Crippen LogP contribution in [0.2, 0.25) is 0 Å². The normalized spacial score (nSPS) is 14.6. The number of esters is 1. The standard InChI is InChI=1S/C10H20NO7P/c1-2-18-10(14)9(11)3-7(6-19(15,16)17)8(4-12)5-13/h3,8-9,12-13H,2,4-6,11H2,1H3,(H2,15,16,17)/b7-3+. The van der Waals surface area contributed by atoms with E-state index in [9.17, 15) is 9.36 Å². The van der Waals surface area contributed by atoms with Crippen molar-refractivity contribution in [1.29, 1.82) is 0 Å². The molecule has 0 amide bonds. The van der Waals surface area contributed by atoms with Crippen molar-refractivity contribution in [2.45, 2.75) is 13.0 Å². The van der Waals surface area contributed by atoms with Crippen LogP contribution in [0.15, 0.2) is 11.6 Å². The van der Waals surface area contributed by atoms with Gasteiger partial charge in [-0.25, -0.2) is 0 Å². The van der Waals surface area contributed by atoms with Crippen LogP contribution in [-0.4, -0.2) is 58.0 Å². The molecule has 0 fully saturated rings. The number of hydrogen-bond acceptors (Lipinski definition) is 6. The monoisotopic (exact) mass is 297 g/mol. The Balaban J connectivity index is 5.10. The third kappa shape index (κ3) is 7.41. The first-order valence-electron chi connectivity index (χ1n) is 5.64. The van der Waals surface area contributed by atoms with Gasteiger partial charge in [0.05, 0.1) is 26.0 Å². The maximum atomic E-state index is 11.3. The predicted octanol–water partition coefficient (Wildman–Crippen LogP) is -1.42. The lowest BCUT2D eigenvalue weighted by molar-refractivity contribution is -0.143. The summed E-state index contributed by atoms with van der Waals surface area (Å²) in [6, 6.07) is -1.21. The number of hydrogen-bond donors (Lipinski definition) is 5. The summed E-state index contributed by atoms with van der Waals surface area (Å²) in [5.74, 6) is -1.63. The number of nitrogens with two attached hydrogens (primary N) is 1. The van der Waals surface area contributed by atoms with Crippen LogP contribution < -0.4 is 5.73 Å². The van der Waals surface area contributed by atoms with Gasteiger partial charge in [-0.1, -0.05) is 11.6 Å². The molecule has 1 atom stereocenters. The van der Waals surface area contributed by atoms with Gasteiger partial charge in [-0.05, 0) is 6.92 Å². The first-order valence-corrected chi connectivity index (χ1v) is 7.44. The van der Waals surface area contributed by atoms with Crippen LogP contribution in [0.1, 0.15) is 6.92 Å². The molecule has 0 aromatic carbocycles. The molecular weight excluding hydrogens is 277 g/mol. The fourth-order valence-corrected chi connectivity index (χ4v) is 2.22. The third-order valence-electron chi connectivity index (χ3n) is 2.31. The van der Waals surface area contributed by atoms with Gasteiger partial charge in [-0.2, -0.15) is 0 Å². The van der Waals surface area contributed by atoms with Gasteiger partial charge < -0.3 is 30.5 Å². The van der Waals surface area contributed by atoms with E-state index in [1.807, 2.05) is 0 Å². The van der Waals surface area contributed by atoms with Crippen molar-refractivity contribution in [3.05, 3.63) is 11.6 Å². The maximum absolute atomic E-state index is 11.3. The van der Waals surface area contributed by atoms with Crippen molar-refractivity contribution in [2.24, 2.45) is 11.7 Å². The zero-order valence-electron chi connectivity index (χ0n) is 10.6. The number of rotatable bonds is 8. The van der Waals surface area contributed by atoms with Crippen LogP contribution >= 0.6 is 7.60 Å². The average Bonchev–Trinajstić information content (AvgIpc) is 2.28. The third-order valence-corrected chi connectivity index (χ3v) is 3.08. The van der Waals surface area contributed by atoms with Gasteiger partial charge in [-0.15, -0.1) is 0 Å². The number of carbonyl (C=O) groups is 1. The molecule has 0 radical (unpaired) electrons. The number of aliphatic hydroxyl groups is 2. The minimum atomic E-state index is -4.40. The number of carbonyl (C=O) groups excluding carboxylic acids is 1. The minimum absolute atomic E-state index is 0.0267. The minimum Gasteiger partial charge on any atom is -0.465 e. The van der Waals surface area contributed by atoms with Crippen LogP contribution in [-0.2, 0) is 14.1 Å². The Morgan fingerprint density at radius 1 is 1.37 bits per heavy atom. The molecule has 0 aliphatic rings. The van der Waals surface area contributed by atoms with Crippen molar-refractivity contribution >= 4 is 13.6 Å². The summed E-state index contributed by atoms with van der Waals surface area (Å²) in [6.45, 7) is 0.683. The van der Waals surface area contributed by atoms with Crippen molar-refractivity contribution < 1.29 is 34.1 Å². The van der Waals surface area contributed by atoms with Gasteiger partial charge in [0.2, 0.25) is 0 Å². The Morgan fingerprint density at radius 3 is 2.26 bits per heavy atom. The van der Waals surface area contributed by atoms with Gasteiger partial charge >= 0.3 is 13.6 Å². The van der Waals surface area contributed by atoms with E-state index in [0.29, 0.717) is 0 Å². The molecule has 6 N–H and O–H groups in total. The van der Waals surface area contributed by atoms with Crippen molar-refractivity contribution in [3.63, 3.8) is 0 Å². The Bertz CT molecular complexity index is 361. The summed E-state index contributed by atoms with van der Waals surface area (Å²) in [5, 5.41) is 18.1. The highest BCUT2D eigenvalue weighted by molar-refractivity contribution is 7.52. The molecule has 0 spiro atoms. The SMILES string of the molecule is CCOC(=O)C(N)/C=C(\CP(=O)(O)O)C(CO)CO. The van der Waals surface area contributed by atoms with E-state index >= 15 is 0 Å². The fraction of sp³-hybridized carbons (Fsp3) is 0.700. The molecule has 0 bridgehead atoms. The van der Waals surface area contributed by atoms with E-state index in [2.05, 4.69) is 4.74 Å². The molecule has 0 rings (SSSR count). The van der Waals surface area contributed by atoms with Crippen molar-refractivity contribution in [1.82, 2.24) is 0 Å². The highest BCUT2D eigenvalue weighted by Gasteiger charge is 2.24. The summed E-state index contributed by atoms with van der Waals surface area (Å²) in [6.07, 6.45) is 0.417. The van der Waals surface area contributed by atoms with Crippen LogP contribution in [0, 0.1) is 5.92 Å². The zero-order chi connectivity index (χ0) is 15.1. The lowest BCUT2D eigenvalue weighted by Crippen LogP contribution is -2.32. The first kappa shape index (κ1) is 18.2. The molecule has 0 aromatic rings. The zero-order valence-corrected chi connectivity index (χ0v) is 11.5. The Morgan fingerprint density at radius 2 is 1.89 bits per heavy atom. The molecule has 9 heteroatoms.